The first-order valence-corrected chi connectivity index (χ1v) is 6.31. The Morgan fingerprint density at radius 3 is 2.53 bits per heavy atom. The molecule has 0 radical (unpaired) electrons. The van der Waals surface area contributed by atoms with Crippen LogP contribution in [0.4, 0.5) is 0 Å². The third kappa shape index (κ3) is 1.79. The molecule has 86 valence electrons. The highest BCUT2D eigenvalue weighted by Gasteiger charge is 2.51. The van der Waals surface area contributed by atoms with E-state index in [1.54, 1.807) is 0 Å². The zero-order chi connectivity index (χ0) is 11.0. The van der Waals surface area contributed by atoms with Gasteiger partial charge in [-0.05, 0) is 42.9 Å². The third-order valence-electron chi connectivity index (χ3n) is 4.65. The SMILES string of the molecule is CCCOC(=O)C1CC2CC1C(C)C2C. The van der Waals surface area contributed by atoms with Gasteiger partial charge in [-0.2, -0.15) is 0 Å². The zero-order valence-electron chi connectivity index (χ0n) is 10.0. The molecule has 2 rings (SSSR count). The van der Waals surface area contributed by atoms with Crippen molar-refractivity contribution >= 4 is 5.97 Å². The Kier molecular flexibility index (Phi) is 3.03. The van der Waals surface area contributed by atoms with Crippen LogP contribution in [0.15, 0.2) is 0 Å². The van der Waals surface area contributed by atoms with Crippen molar-refractivity contribution in [2.45, 2.75) is 40.0 Å². The summed E-state index contributed by atoms with van der Waals surface area (Å²) in [6, 6.07) is 0. The second-order valence-corrected chi connectivity index (χ2v) is 5.39. The van der Waals surface area contributed by atoms with E-state index in [1.807, 2.05) is 6.92 Å². The van der Waals surface area contributed by atoms with E-state index in [-0.39, 0.29) is 11.9 Å². The van der Waals surface area contributed by atoms with Crippen molar-refractivity contribution in [2.75, 3.05) is 6.61 Å². The van der Waals surface area contributed by atoms with Crippen LogP contribution < -0.4 is 0 Å². The maximum Gasteiger partial charge on any atom is 0.309 e. The Hall–Kier alpha value is -0.530. The van der Waals surface area contributed by atoms with Gasteiger partial charge in [0.1, 0.15) is 0 Å². The molecule has 0 heterocycles. The van der Waals surface area contributed by atoms with Crippen molar-refractivity contribution in [3.63, 3.8) is 0 Å². The van der Waals surface area contributed by atoms with Crippen molar-refractivity contribution < 1.29 is 9.53 Å². The summed E-state index contributed by atoms with van der Waals surface area (Å²) >= 11 is 0. The summed E-state index contributed by atoms with van der Waals surface area (Å²) < 4.78 is 5.27. The average molecular weight is 210 g/mol. The molecule has 0 amide bonds. The maximum absolute atomic E-state index is 11.8. The summed E-state index contributed by atoms with van der Waals surface area (Å²) in [5.41, 5.74) is 0. The molecule has 0 saturated heterocycles. The minimum atomic E-state index is 0.0723. The predicted molar refractivity (Wildman–Crippen MR) is 59.3 cm³/mol. The molecule has 2 nitrogen and oxygen atoms in total. The normalized spacial score (nSPS) is 43.3. The van der Waals surface area contributed by atoms with Crippen LogP contribution in [-0.2, 0) is 9.53 Å². The first-order valence-electron chi connectivity index (χ1n) is 6.31. The molecule has 0 aromatic rings. The minimum absolute atomic E-state index is 0.0723. The van der Waals surface area contributed by atoms with Crippen molar-refractivity contribution in [1.82, 2.24) is 0 Å². The molecule has 2 bridgehead atoms. The Morgan fingerprint density at radius 2 is 2.00 bits per heavy atom. The van der Waals surface area contributed by atoms with E-state index in [1.165, 1.54) is 6.42 Å². The molecule has 5 atom stereocenters. The number of rotatable bonds is 3. The summed E-state index contributed by atoms with van der Waals surface area (Å²) in [5.74, 6) is 3.20. The molecule has 2 fully saturated rings. The van der Waals surface area contributed by atoms with Crippen molar-refractivity contribution in [1.29, 1.82) is 0 Å². The summed E-state index contributed by atoms with van der Waals surface area (Å²) in [7, 11) is 0. The van der Waals surface area contributed by atoms with E-state index in [9.17, 15) is 4.79 Å². The maximum atomic E-state index is 11.8. The smallest absolute Gasteiger partial charge is 0.309 e. The number of ether oxygens (including phenoxy) is 1. The Balaban J connectivity index is 1.94. The van der Waals surface area contributed by atoms with Gasteiger partial charge in [-0.25, -0.2) is 0 Å². The molecule has 5 unspecified atom stereocenters. The van der Waals surface area contributed by atoms with Crippen LogP contribution in [0.2, 0.25) is 0 Å². The Morgan fingerprint density at radius 1 is 1.27 bits per heavy atom. The molecule has 15 heavy (non-hydrogen) atoms. The van der Waals surface area contributed by atoms with Crippen LogP contribution in [0.3, 0.4) is 0 Å². The molecule has 2 heteroatoms. The van der Waals surface area contributed by atoms with E-state index in [0.717, 1.165) is 24.7 Å². The van der Waals surface area contributed by atoms with Crippen molar-refractivity contribution in [3.8, 4) is 0 Å². The Bertz CT molecular complexity index is 247. The lowest BCUT2D eigenvalue weighted by Crippen LogP contribution is -2.31. The van der Waals surface area contributed by atoms with Crippen LogP contribution in [0.25, 0.3) is 0 Å². The van der Waals surface area contributed by atoms with E-state index in [4.69, 9.17) is 4.74 Å². The van der Waals surface area contributed by atoms with Crippen LogP contribution >= 0.6 is 0 Å². The second-order valence-electron chi connectivity index (χ2n) is 5.39. The van der Waals surface area contributed by atoms with E-state index >= 15 is 0 Å². The summed E-state index contributed by atoms with van der Waals surface area (Å²) in [6.07, 6.45) is 3.27. The van der Waals surface area contributed by atoms with Crippen molar-refractivity contribution in [3.05, 3.63) is 0 Å². The molecule has 0 aliphatic heterocycles. The minimum Gasteiger partial charge on any atom is -0.465 e. The quantitative estimate of drug-likeness (QED) is 0.669. The highest BCUT2D eigenvalue weighted by atomic mass is 16.5. The molecule has 0 N–H and O–H groups in total. The molecule has 0 aromatic carbocycles. The van der Waals surface area contributed by atoms with E-state index in [0.29, 0.717) is 18.4 Å². The Labute approximate surface area is 92.4 Å². The lowest BCUT2D eigenvalue weighted by atomic mass is 9.76. The highest BCUT2D eigenvalue weighted by molar-refractivity contribution is 5.73. The summed E-state index contributed by atoms with van der Waals surface area (Å²) in [5, 5.41) is 0. The van der Waals surface area contributed by atoms with Gasteiger partial charge in [0, 0.05) is 0 Å². The lowest BCUT2D eigenvalue weighted by molar-refractivity contribution is -0.151. The number of carbonyl (C=O) groups excluding carboxylic acids is 1. The van der Waals surface area contributed by atoms with E-state index < -0.39 is 0 Å². The average Bonchev–Trinajstić information content (AvgIpc) is 2.77. The topological polar surface area (TPSA) is 26.3 Å². The molecular formula is C13H22O2. The van der Waals surface area contributed by atoms with Crippen molar-refractivity contribution in [2.24, 2.45) is 29.6 Å². The predicted octanol–water partition coefficient (Wildman–Crippen LogP) is 2.87. The molecule has 2 saturated carbocycles. The largest absolute Gasteiger partial charge is 0.465 e. The van der Waals surface area contributed by atoms with Crippen LogP contribution in [-0.4, -0.2) is 12.6 Å². The number of hydrogen-bond donors (Lipinski definition) is 0. The summed E-state index contributed by atoms with van der Waals surface area (Å²) in [6.45, 7) is 7.27. The number of hydrogen-bond acceptors (Lipinski definition) is 2. The second kappa shape index (κ2) is 4.15. The fourth-order valence-corrected chi connectivity index (χ4v) is 3.52. The molecule has 2 aliphatic rings. The van der Waals surface area contributed by atoms with Gasteiger partial charge in [-0.15, -0.1) is 0 Å². The van der Waals surface area contributed by atoms with Gasteiger partial charge < -0.3 is 4.74 Å². The third-order valence-corrected chi connectivity index (χ3v) is 4.65. The molecular weight excluding hydrogens is 188 g/mol. The number of carbonyl (C=O) groups is 1. The summed E-state index contributed by atoms with van der Waals surface area (Å²) in [4.78, 5) is 11.8. The van der Waals surface area contributed by atoms with Crippen LogP contribution in [0, 0.1) is 29.6 Å². The molecule has 2 aliphatic carbocycles. The van der Waals surface area contributed by atoms with Crippen LogP contribution in [0.1, 0.15) is 40.0 Å². The van der Waals surface area contributed by atoms with Gasteiger partial charge in [-0.1, -0.05) is 20.8 Å². The first-order chi connectivity index (χ1) is 7.15. The molecule has 0 spiro atoms. The number of esters is 1. The van der Waals surface area contributed by atoms with Gasteiger partial charge in [0.15, 0.2) is 0 Å². The molecule has 0 aromatic heterocycles. The van der Waals surface area contributed by atoms with Gasteiger partial charge in [0.25, 0.3) is 0 Å². The van der Waals surface area contributed by atoms with Gasteiger partial charge in [-0.3, -0.25) is 4.79 Å². The standard InChI is InChI=1S/C13H22O2/c1-4-5-15-13(14)12-7-10-6-11(12)9(3)8(10)2/h8-12H,4-7H2,1-3H3. The first kappa shape index (κ1) is 11.0. The van der Waals surface area contributed by atoms with Gasteiger partial charge >= 0.3 is 5.97 Å². The lowest BCUT2D eigenvalue weighted by Gasteiger charge is -2.30. The van der Waals surface area contributed by atoms with Gasteiger partial charge in [0.05, 0.1) is 12.5 Å². The monoisotopic (exact) mass is 210 g/mol. The highest BCUT2D eigenvalue weighted by Crippen LogP contribution is 2.55. The number of fused-ring (bicyclic) bond motifs is 2. The van der Waals surface area contributed by atoms with Gasteiger partial charge in [0.2, 0.25) is 0 Å². The van der Waals surface area contributed by atoms with Crippen LogP contribution in [0.5, 0.6) is 0 Å². The zero-order valence-corrected chi connectivity index (χ0v) is 10.0. The fraction of sp³-hybridized carbons (Fsp3) is 0.923. The fourth-order valence-electron chi connectivity index (χ4n) is 3.52. The van der Waals surface area contributed by atoms with E-state index in [2.05, 4.69) is 13.8 Å².